The van der Waals surface area contributed by atoms with Gasteiger partial charge in [0, 0.05) is 0 Å². The second kappa shape index (κ2) is 15.0. The predicted molar refractivity (Wildman–Crippen MR) is 108 cm³/mol. The molecule has 4 unspecified atom stereocenters. The van der Waals surface area contributed by atoms with Crippen molar-refractivity contribution in [1.29, 1.82) is 0 Å². The van der Waals surface area contributed by atoms with Crippen LogP contribution in [0.2, 0.25) is 0 Å². The number of aliphatic imine (C=N–C) groups is 3. The van der Waals surface area contributed by atoms with Crippen LogP contribution in [0.25, 0.3) is 0 Å². The average Bonchev–Trinajstić information content (AvgIpc) is 2.83. The van der Waals surface area contributed by atoms with E-state index >= 15 is 0 Å². The number of carbonyl (C=O) groups excluding carboxylic acids is 3. The Labute approximate surface area is 190 Å². The van der Waals surface area contributed by atoms with Crippen molar-refractivity contribution in [3.8, 4) is 0 Å². The smallest absolute Gasteiger partial charge is 0.335 e. The van der Waals surface area contributed by atoms with Crippen LogP contribution in [0.5, 0.6) is 0 Å². The second-order valence-corrected chi connectivity index (χ2v) is 6.41. The molecular formula is C19H21N3O12. The lowest BCUT2D eigenvalue weighted by Gasteiger charge is -2.40. The van der Waals surface area contributed by atoms with E-state index in [1.165, 1.54) is 24.3 Å². The van der Waals surface area contributed by atoms with Gasteiger partial charge in [-0.3, -0.25) is 0 Å². The SMILES string of the molecule is O=C(O)c1ccc(C(=O)O)cc1.O=C=NCC(O)C(O)C(O)(C(O)CN=C=O)C(O)CN=C=O. The van der Waals surface area contributed by atoms with Gasteiger partial charge in [-0.2, -0.15) is 0 Å². The molecule has 0 aliphatic carbocycles. The van der Waals surface area contributed by atoms with Crippen LogP contribution >= 0.6 is 0 Å². The molecule has 15 heteroatoms. The summed E-state index contributed by atoms with van der Waals surface area (Å²) in [5.74, 6) is -2.13. The molecule has 0 aromatic heterocycles. The Balaban J connectivity index is 0.000000757. The van der Waals surface area contributed by atoms with Crippen molar-refractivity contribution in [2.75, 3.05) is 19.6 Å². The zero-order chi connectivity index (χ0) is 26.3. The van der Waals surface area contributed by atoms with Crippen molar-refractivity contribution in [2.24, 2.45) is 15.0 Å². The fraction of sp³-hybridized carbons (Fsp3) is 0.421. The Morgan fingerprint density at radius 2 is 1.06 bits per heavy atom. The maximum Gasteiger partial charge on any atom is 0.335 e. The summed E-state index contributed by atoms with van der Waals surface area (Å²) in [5.41, 5.74) is -2.65. The normalized spacial score (nSPS) is 15.2. The first kappa shape index (κ1) is 30.1. The summed E-state index contributed by atoms with van der Waals surface area (Å²) in [6.45, 7) is -2.20. The molecule has 0 amide bonds. The summed E-state index contributed by atoms with van der Waals surface area (Å²) >= 11 is 0. The second-order valence-electron chi connectivity index (χ2n) is 6.41. The van der Waals surface area contributed by atoms with E-state index < -0.39 is 61.6 Å². The van der Waals surface area contributed by atoms with Gasteiger partial charge in [0.2, 0.25) is 18.2 Å². The fourth-order valence-electron chi connectivity index (χ4n) is 2.45. The van der Waals surface area contributed by atoms with Crippen LogP contribution in [0.15, 0.2) is 39.2 Å². The molecule has 0 saturated carbocycles. The van der Waals surface area contributed by atoms with Crippen molar-refractivity contribution >= 4 is 30.2 Å². The van der Waals surface area contributed by atoms with Gasteiger partial charge in [0.15, 0.2) is 0 Å². The van der Waals surface area contributed by atoms with Gasteiger partial charge in [-0.1, -0.05) is 0 Å². The van der Waals surface area contributed by atoms with Crippen LogP contribution < -0.4 is 0 Å². The minimum Gasteiger partial charge on any atom is -0.478 e. The number of carbonyl (C=O) groups is 2. The highest BCUT2D eigenvalue weighted by Crippen LogP contribution is 2.24. The molecule has 7 N–H and O–H groups in total. The minimum absolute atomic E-state index is 0.0833. The average molecular weight is 483 g/mol. The van der Waals surface area contributed by atoms with E-state index in [0.29, 0.717) is 0 Å². The summed E-state index contributed by atoms with van der Waals surface area (Å²) in [7, 11) is 0. The maximum atomic E-state index is 10.3. The van der Waals surface area contributed by atoms with Gasteiger partial charge in [0.1, 0.15) is 30.0 Å². The first-order chi connectivity index (χ1) is 16.0. The molecular weight excluding hydrogens is 462 g/mol. The molecule has 1 aromatic rings. The van der Waals surface area contributed by atoms with Gasteiger partial charge in [-0.15, -0.1) is 0 Å². The number of hydrogen-bond acceptors (Lipinski definition) is 13. The highest BCUT2D eigenvalue weighted by Gasteiger charge is 2.51. The van der Waals surface area contributed by atoms with Crippen LogP contribution in [-0.4, -0.2) is 116 Å². The first-order valence-corrected chi connectivity index (χ1v) is 9.09. The quantitative estimate of drug-likeness (QED) is 0.118. The largest absolute Gasteiger partial charge is 0.478 e. The molecule has 0 radical (unpaired) electrons. The molecule has 0 fully saturated rings. The third-order valence-corrected chi connectivity index (χ3v) is 4.29. The molecule has 1 aromatic carbocycles. The van der Waals surface area contributed by atoms with Gasteiger partial charge in [-0.05, 0) is 24.3 Å². The molecule has 0 spiro atoms. The van der Waals surface area contributed by atoms with Crippen LogP contribution in [0.4, 0.5) is 0 Å². The van der Waals surface area contributed by atoms with Crippen molar-refractivity contribution in [3.63, 3.8) is 0 Å². The number of carboxylic acids is 2. The molecule has 0 heterocycles. The molecule has 4 atom stereocenters. The van der Waals surface area contributed by atoms with Crippen molar-refractivity contribution in [1.82, 2.24) is 0 Å². The number of aliphatic hydroxyl groups excluding tert-OH is 4. The maximum absolute atomic E-state index is 10.3. The van der Waals surface area contributed by atoms with E-state index in [1.54, 1.807) is 0 Å². The van der Waals surface area contributed by atoms with Crippen molar-refractivity contribution in [3.05, 3.63) is 35.4 Å². The number of aromatic carboxylic acids is 2. The van der Waals surface area contributed by atoms with Crippen molar-refractivity contribution < 1.29 is 59.7 Å². The minimum atomic E-state index is -2.82. The number of nitrogens with zero attached hydrogens (tertiary/aromatic N) is 3. The number of hydrogen-bond donors (Lipinski definition) is 7. The van der Waals surface area contributed by atoms with Crippen LogP contribution in [0, 0.1) is 0 Å². The topological polar surface area (TPSA) is 264 Å². The molecule has 15 nitrogen and oxygen atoms in total. The first-order valence-electron chi connectivity index (χ1n) is 9.09. The number of carboxylic acid groups (broad SMARTS) is 2. The lowest BCUT2D eigenvalue weighted by Crippen LogP contribution is -2.65. The van der Waals surface area contributed by atoms with E-state index in [0.717, 1.165) is 18.2 Å². The summed E-state index contributed by atoms with van der Waals surface area (Å²) < 4.78 is 0. The van der Waals surface area contributed by atoms with Crippen LogP contribution in [0.3, 0.4) is 0 Å². The Morgan fingerprint density at radius 3 is 1.35 bits per heavy atom. The van der Waals surface area contributed by atoms with E-state index in [1.807, 2.05) is 0 Å². The Kier molecular flexibility index (Phi) is 13.3. The summed E-state index contributed by atoms with van der Waals surface area (Å²) in [4.78, 5) is 59.7. The Hall–Kier alpha value is -3.90. The van der Waals surface area contributed by atoms with E-state index in [4.69, 9.17) is 10.2 Å². The number of isocyanates is 3. The van der Waals surface area contributed by atoms with Gasteiger partial charge in [-0.25, -0.2) is 38.9 Å². The van der Waals surface area contributed by atoms with Crippen molar-refractivity contribution in [2.45, 2.75) is 30.0 Å². The number of rotatable bonds is 12. The summed E-state index contributed by atoms with van der Waals surface area (Å²) in [5, 5.41) is 66.4. The third kappa shape index (κ3) is 8.92. The Morgan fingerprint density at radius 1 is 0.735 bits per heavy atom. The molecule has 0 aliphatic rings. The van der Waals surface area contributed by atoms with E-state index in [2.05, 4.69) is 15.0 Å². The standard InChI is InChI=1S/C11H15N3O8.C8H6O4/c15-4-12-1-7(18)10(21)11(22,8(19)2-13-5-16)9(20)3-14-6-17;9-7(10)5-1-2-6(4-3-5)8(11)12/h7-10,18-22H,1-3H2;1-4H,(H,9,10)(H,11,12). The fourth-order valence-corrected chi connectivity index (χ4v) is 2.45. The van der Waals surface area contributed by atoms with Crippen LogP contribution in [0.1, 0.15) is 20.7 Å². The Bertz CT molecular complexity index is 904. The zero-order valence-corrected chi connectivity index (χ0v) is 17.3. The monoisotopic (exact) mass is 483 g/mol. The number of benzene rings is 1. The van der Waals surface area contributed by atoms with E-state index in [-0.39, 0.29) is 11.1 Å². The lowest BCUT2D eigenvalue weighted by molar-refractivity contribution is -0.216. The van der Waals surface area contributed by atoms with Gasteiger partial charge >= 0.3 is 11.9 Å². The van der Waals surface area contributed by atoms with Gasteiger partial charge in [0.25, 0.3) is 0 Å². The highest BCUT2D eigenvalue weighted by molar-refractivity contribution is 5.91. The third-order valence-electron chi connectivity index (χ3n) is 4.29. The number of aliphatic hydroxyl groups is 5. The predicted octanol–water partition coefficient (Wildman–Crippen LogP) is -2.75. The zero-order valence-electron chi connectivity index (χ0n) is 17.3. The van der Waals surface area contributed by atoms with Gasteiger partial charge < -0.3 is 35.7 Å². The molecule has 0 bridgehead atoms. The van der Waals surface area contributed by atoms with Crippen LogP contribution in [-0.2, 0) is 14.4 Å². The molecule has 34 heavy (non-hydrogen) atoms. The molecule has 0 saturated heterocycles. The lowest BCUT2D eigenvalue weighted by atomic mass is 9.81. The van der Waals surface area contributed by atoms with Gasteiger partial charge in [0.05, 0.1) is 30.8 Å². The highest BCUT2D eigenvalue weighted by atomic mass is 16.4. The van der Waals surface area contributed by atoms with E-state index in [9.17, 15) is 49.5 Å². The summed E-state index contributed by atoms with van der Waals surface area (Å²) in [6.07, 6.45) is -4.87. The molecule has 184 valence electrons. The molecule has 1 rings (SSSR count). The molecule has 0 aliphatic heterocycles. The summed E-state index contributed by atoms with van der Waals surface area (Å²) in [6, 6.07) is 5.02.